The van der Waals surface area contributed by atoms with Crippen LogP contribution in [-0.4, -0.2) is 22.8 Å². The number of ether oxygens (including phenoxy) is 1. The fraction of sp³-hybridized carbons (Fsp3) is 0.250. The lowest BCUT2D eigenvalue weighted by atomic mass is 10.3. The molecule has 1 atom stereocenters. The number of hydrogen-bond acceptors (Lipinski definition) is 2. The molecule has 0 bridgehead atoms. The van der Waals surface area contributed by atoms with Crippen LogP contribution < -0.4 is 21.7 Å². The smallest absolute Gasteiger partial charge is 0.241 e. The van der Waals surface area contributed by atoms with Gasteiger partial charge in [-0.05, 0) is 12.1 Å². The number of imidazole rings is 1. The molecule has 0 aliphatic heterocycles. The molecule has 0 saturated heterocycles. The zero-order valence-electron chi connectivity index (χ0n) is 9.70. The number of rotatable bonds is 5. The van der Waals surface area contributed by atoms with Crippen LogP contribution >= 0.6 is 12.4 Å². The predicted octanol–water partition coefficient (Wildman–Crippen LogP) is -1.83. The quantitative estimate of drug-likeness (QED) is 0.637. The number of aromatic amines is 1. The molecule has 0 amide bonds. The summed E-state index contributed by atoms with van der Waals surface area (Å²) in [4.78, 5) is 2.92. The summed E-state index contributed by atoms with van der Waals surface area (Å²) < 4.78 is 7.32. The summed E-state index contributed by atoms with van der Waals surface area (Å²) in [6.07, 6.45) is 4.96. The Kier molecular flexibility index (Phi) is 8.20. The van der Waals surface area contributed by atoms with Crippen LogP contribution in [0.1, 0.15) is 0 Å². The summed E-state index contributed by atoms with van der Waals surface area (Å²) in [5.41, 5.74) is 0. The van der Waals surface area contributed by atoms with Crippen LogP contribution in [0.4, 0.5) is 0 Å². The molecule has 2 rings (SSSR count). The Morgan fingerprint density at radius 3 is 2.61 bits per heavy atom. The van der Waals surface area contributed by atoms with Crippen LogP contribution in [0.25, 0.3) is 0 Å². The van der Waals surface area contributed by atoms with Gasteiger partial charge in [0.1, 0.15) is 37.4 Å². The highest BCUT2D eigenvalue weighted by Gasteiger charge is 2.09. The van der Waals surface area contributed by atoms with Gasteiger partial charge in [-0.25, -0.2) is 4.57 Å². The van der Waals surface area contributed by atoms with Crippen LogP contribution in [-0.2, 0) is 6.54 Å². The maximum absolute atomic E-state index is 9.72. The largest absolute Gasteiger partial charge is 1.00 e. The van der Waals surface area contributed by atoms with Gasteiger partial charge in [0.25, 0.3) is 0 Å². The predicted molar refractivity (Wildman–Crippen MR) is 66.2 cm³/mol. The fourth-order valence-corrected chi connectivity index (χ4v) is 1.44. The number of nitrogens with zero attached hydrogens (tertiary/aromatic N) is 1. The van der Waals surface area contributed by atoms with Gasteiger partial charge in [-0.15, -0.1) is 12.4 Å². The Hall–Kier alpha value is -1.23. The third-order valence-electron chi connectivity index (χ3n) is 2.21. The van der Waals surface area contributed by atoms with Gasteiger partial charge in [-0.1, -0.05) is 18.2 Å². The molecule has 0 aliphatic rings. The zero-order chi connectivity index (χ0) is 11.2. The second kappa shape index (κ2) is 8.80. The maximum Gasteiger partial charge on any atom is 0.241 e. The van der Waals surface area contributed by atoms with Crippen molar-refractivity contribution >= 4 is 12.4 Å². The van der Waals surface area contributed by atoms with E-state index in [1.807, 2.05) is 47.3 Å². The Morgan fingerprint density at radius 1 is 1.28 bits per heavy atom. The van der Waals surface area contributed by atoms with E-state index in [0.29, 0.717) is 13.2 Å². The Balaban J connectivity index is 0.00000144. The lowest BCUT2D eigenvalue weighted by Crippen LogP contribution is -3.00. The first kappa shape index (κ1) is 16.8. The topological polar surface area (TPSA) is 49.1 Å². The standard InChI is InChI=1S/C12H14N2O2.2ClH/c15-11(8-14-7-6-13-10-14)9-16-12-4-2-1-3-5-12;;/h1-7,10-11,15H,8-9H2;2*1H. The van der Waals surface area contributed by atoms with E-state index in [-0.39, 0.29) is 24.8 Å². The van der Waals surface area contributed by atoms with E-state index in [1.165, 1.54) is 0 Å². The second-order valence-corrected chi connectivity index (χ2v) is 3.59. The Bertz CT molecular complexity index is 409. The Labute approximate surface area is 118 Å². The third-order valence-corrected chi connectivity index (χ3v) is 2.21. The van der Waals surface area contributed by atoms with E-state index in [2.05, 4.69) is 4.98 Å². The molecule has 18 heavy (non-hydrogen) atoms. The molecule has 0 fully saturated rings. The SMILES string of the molecule is Cl.OC(COc1ccccc1)C[n+]1cc[nH]c1.[Cl-]. The summed E-state index contributed by atoms with van der Waals surface area (Å²) in [6, 6.07) is 9.48. The zero-order valence-corrected chi connectivity index (χ0v) is 11.3. The van der Waals surface area contributed by atoms with Crippen molar-refractivity contribution in [3.8, 4) is 5.75 Å². The molecule has 1 aromatic carbocycles. The summed E-state index contributed by atoms with van der Waals surface area (Å²) >= 11 is 0. The average molecular weight is 291 g/mol. The lowest BCUT2D eigenvalue weighted by molar-refractivity contribution is -0.702. The molecule has 100 valence electrons. The maximum atomic E-state index is 9.72. The van der Waals surface area contributed by atoms with Crippen molar-refractivity contribution in [3.05, 3.63) is 49.1 Å². The normalized spacial score (nSPS) is 10.9. The minimum absolute atomic E-state index is 0. The number of halogens is 2. The van der Waals surface area contributed by atoms with Gasteiger partial charge in [0.05, 0.1) is 0 Å². The highest BCUT2D eigenvalue weighted by molar-refractivity contribution is 5.85. The number of H-pyrrole nitrogens is 1. The van der Waals surface area contributed by atoms with Gasteiger partial charge in [0, 0.05) is 0 Å². The van der Waals surface area contributed by atoms with Gasteiger partial charge >= 0.3 is 0 Å². The number of benzene rings is 1. The van der Waals surface area contributed by atoms with Crippen molar-refractivity contribution in [2.24, 2.45) is 0 Å². The highest BCUT2D eigenvalue weighted by Crippen LogP contribution is 2.08. The molecule has 0 spiro atoms. The van der Waals surface area contributed by atoms with E-state index in [1.54, 1.807) is 6.33 Å². The molecule has 0 aliphatic carbocycles. The molecule has 2 N–H and O–H groups in total. The van der Waals surface area contributed by atoms with Gasteiger partial charge in [0.15, 0.2) is 0 Å². The molecule has 1 heterocycles. The van der Waals surface area contributed by atoms with E-state index in [0.717, 1.165) is 5.75 Å². The summed E-state index contributed by atoms with van der Waals surface area (Å²) in [7, 11) is 0. The molecule has 1 aromatic heterocycles. The van der Waals surface area contributed by atoms with Crippen LogP contribution in [0.5, 0.6) is 5.75 Å². The number of nitrogens with one attached hydrogen (secondary N) is 1. The van der Waals surface area contributed by atoms with Crippen molar-refractivity contribution < 1.29 is 26.8 Å². The van der Waals surface area contributed by atoms with Crippen molar-refractivity contribution in [3.63, 3.8) is 0 Å². The van der Waals surface area contributed by atoms with E-state index >= 15 is 0 Å². The van der Waals surface area contributed by atoms with Crippen LogP contribution in [0.3, 0.4) is 0 Å². The summed E-state index contributed by atoms with van der Waals surface area (Å²) in [5.74, 6) is 0.778. The third kappa shape index (κ3) is 5.40. The molecule has 0 saturated carbocycles. The second-order valence-electron chi connectivity index (χ2n) is 3.59. The molecule has 0 radical (unpaired) electrons. The minimum Gasteiger partial charge on any atom is -1.00 e. The molecular formula is C12H16Cl2N2O2. The van der Waals surface area contributed by atoms with E-state index in [9.17, 15) is 5.11 Å². The van der Waals surface area contributed by atoms with Gasteiger partial charge in [-0.2, -0.15) is 0 Å². The molecule has 4 nitrogen and oxygen atoms in total. The van der Waals surface area contributed by atoms with Crippen molar-refractivity contribution in [1.82, 2.24) is 4.98 Å². The number of aromatic nitrogens is 2. The Morgan fingerprint density at radius 2 is 2.00 bits per heavy atom. The van der Waals surface area contributed by atoms with Crippen molar-refractivity contribution in [2.75, 3.05) is 6.61 Å². The van der Waals surface area contributed by atoms with Crippen LogP contribution in [0.15, 0.2) is 49.1 Å². The number of aliphatic hydroxyl groups excluding tert-OH is 1. The van der Waals surface area contributed by atoms with Crippen molar-refractivity contribution in [1.29, 1.82) is 0 Å². The summed E-state index contributed by atoms with van der Waals surface area (Å²) in [5, 5.41) is 9.72. The molecule has 1 unspecified atom stereocenters. The summed E-state index contributed by atoms with van der Waals surface area (Å²) in [6.45, 7) is 0.818. The first-order chi connectivity index (χ1) is 7.84. The minimum atomic E-state index is -0.513. The van der Waals surface area contributed by atoms with Crippen molar-refractivity contribution in [2.45, 2.75) is 12.6 Å². The van der Waals surface area contributed by atoms with Gasteiger partial charge < -0.3 is 22.3 Å². The first-order valence-electron chi connectivity index (χ1n) is 5.22. The van der Waals surface area contributed by atoms with E-state index < -0.39 is 6.10 Å². The highest BCUT2D eigenvalue weighted by atomic mass is 35.5. The van der Waals surface area contributed by atoms with E-state index in [4.69, 9.17) is 4.74 Å². The molecule has 2 aromatic rings. The number of para-hydroxylation sites is 1. The number of hydrogen-bond donors (Lipinski definition) is 2. The average Bonchev–Trinajstić information content (AvgIpc) is 2.81. The van der Waals surface area contributed by atoms with Crippen LogP contribution in [0.2, 0.25) is 0 Å². The monoisotopic (exact) mass is 290 g/mol. The molecular weight excluding hydrogens is 275 g/mol. The molecule has 6 heteroatoms. The fourth-order valence-electron chi connectivity index (χ4n) is 1.44. The van der Waals surface area contributed by atoms with Gasteiger partial charge in [0.2, 0.25) is 6.33 Å². The van der Waals surface area contributed by atoms with Gasteiger partial charge in [-0.3, -0.25) is 4.98 Å². The lowest BCUT2D eigenvalue weighted by Gasteiger charge is -2.10. The van der Waals surface area contributed by atoms with Crippen LogP contribution in [0, 0.1) is 0 Å². The number of aliphatic hydroxyl groups is 1. The first-order valence-corrected chi connectivity index (χ1v) is 5.22.